The molecule has 23 heavy (non-hydrogen) atoms. The fourth-order valence-corrected chi connectivity index (χ4v) is 2.60. The van der Waals surface area contributed by atoms with Gasteiger partial charge in [0, 0.05) is 0 Å². The maximum atomic E-state index is 11.6. The summed E-state index contributed by atoms with van der Waals surface area (Å²) in [6, 6.07) is 15.8. The minimum atomic E-state index is -0.511. The predicted molar refractivity (Wildman–Crippen MR) is 91.6 cm³/mol. The molecule has 0 amide bonds. The minimum Gasteiger partial charge on any atom is -0.301 e. The second-order valence-corrected chi connectivity index (χ2v) is 5.57. The molecular weight excluding hydrogens is 312 g/mol. The summed E-state index contributed by atoms with van der Waals surface area (Å²) in [7, 11) is 0. The molecule has 5 nitrogen and oxygen atoms in total. The molecular formula is C17H15ClN4O. The number of rotatable bonds is 4. The van der Waals surface area contributed by atoms with Crippen molar-refractivity contribution < 1.29 is 4.79 Å². The van der Waals surface area contributed by atoms with Gasteiger partial charge in [-0.15, -0.1) is 0 Å². The van der Waals surface area contributed by atoms with Crippen LogP contribution in [0.5, 0.6) is 0 Å². The van der Waals surface area contributed by atoms with E-state index < -0.39 is 12.1 Å². The number of anilines is 1. The molecule has 1 heterocycles. The van der Waals surface area contributed by atoms with Crippen LogP contribution in [0.2, 0.25) is 5.02 Å². The summed E-state index contributed by atoms with van der Waals surface area (Å²) in [4.78, 5) is 11.6. The standard InChI is InChI=1S/C17H15ClN4O/c1-12-17(20-19-15-10-6-5-9-14(15)18)16(11-23)22(21-12)13-7-3-2-4-8-13/h2-11,16-17H,1H3. The summed E-state index contributed by atoms with van der Waals surface area (Å²) in [5.74, 6) is 0. The first-order valence-electron chi connectivity index (χ1n) is 7.21. The number of hydrogen-bond donors (Lipinski definition) is 0. The number of hydrazone groups is 1. The van der Waals surface area contributed by atoms with Gasteiger partial charge in [0.2, 0.25) is 0 Å². The van der Waals surface area contributed by atoms with Crippen molar-refractivity contribution in [3.8, 4) is 0 Å². The van der Waals surface area contributed by atoms with Crippen LogP contribution in [0.4, 0.5) is 11.4 Å². The summed E-state index contributed by atoms with van der Waals surface area (Å²) in [6.45, 7) is 1.84. The quantitative estimate of drug-likeness (QED) is 0.622. The fraction of sp³-hybridized carbons (Fsp3) is 0.176. The number of azo groups is 1. The zero-order valence-corrected chi connectivity index (χ0v) is 13.3. The van der Waals surface area contributed by atoms with Gasteiger partial charge < -0.3 is 4.79 Å². The Hall–Kier alpha value is -2.53. The Balaban J connectivity index is 1.87. The lowest BCUT2D eigenvalue weighted by Gasteiger charge is -2.20. The molecule has 0 N–H and O–H groups in total. The summed E-state index contributed by atoms with van der Waals surface area (Å²) in [5, 5.41) is 15.1. The number of nitrogens with zero attached hydrogens (tertiary/aromatic N) is 4. The topological polar surface area (TPSA) is 57.4 Å². The van der Waals surface area contributed by atoms with Gasteiger partial charge in [-0.05, 0) is 31.2 Å². The Morgan fingerprint density at radius 2 is 1.83 bits per heavy atom. The molecule has 0 fully saturated rings. The summed E-state index contributed by atoms with van der Waals surface area (Å²) in [6.07, 6.45) is 0.850. The van der Waals surface area contributed by atoms with E-state index in [2.05, 4.69) is 15.3 Å². The smallest absolute Gasteiger partial charge is 0.147 e. The van der Waals surface area contributed by atoms with Crippen molar-refractivity contribution in [2.24, 2.45) is 15.3 Å². The Kier molecular flexibility index (Phi) is 4.48. The lowest BCUT2D eigenvalue weighted by Crippen LogP contribution is -2.37. The first kappa shape index (κ1) is 15.4. The molecule has 2 unspecified atom stereocenters. The van der Waals surface area contributed by atoms with E-state index in [1.807, 2.05) is 49.4 Å². The van der Waals surface area contributed by atoms with E-state index in [-0.39, 0.29) is 0 Å². The van der Waals surface area contributed by atoms with Crippen molar-refractivity contribution in [2.75, 3.05) is 5.01 Å². The van der Waals surface area contributed by atoms with Crippen LogP contribution in [0.1, 0.15) is 6.92 Å². The van der Waals surface area contributed by atoms with Gasteiger partial charge in [0.15, 0.2) is 0 Å². The van der Waals surface area contributed by atoms with Crippen molar-refractivity contribution in [1.29, 1.82) is 0 Å². The van der Waals surface area contributed by atoms with E-state index >= 15 is 0 Å². The van der Waals surface area contributed by atoms with Crippen LogP contribution in [0.3, 0.4) is 0 Å². The molecule has 0 radical (unpaired) electrons. The zero-order valence-electron chi connectivity index (χ0n) is 12.5. The molecule has 6 heteroatoms. The predicted octanol–water partition coefficient (Wildman–Crippen LogP) is 4.26. The molecule has 1 aliphatic rings. The molecule has 3 rings (SSSR count). The summed E-state index contributed by atoms with van der Waals surface area (Å²) >= 11 is 6.08. The van der Waals surface area contributed by atoms with Crippen LogP contribution in [0.25, 0.3) is 0 Å². The van der Waals surface area contributed by atoms with Gasteiger partial charge >= 0.3 is 0 Å². The van der Waals surface area contributed by atoms with Gasteiger partial charge in [-0.25, -0.2) is 0 Å². The van der Waals surface area contributed by atoms with Gasteiger partial charge in [-0.3, -0.25) is 5.01 Å². The lowest BCUT2D eigenvalue weighted by molar-refractivity contribution is -0.108. The third-order valence-corrected chi connectivity index (χ3v) is 3.92. The van der Waals surface area contributed by atoms with Gasteiger partial charge in [-0.2, -0.15) is 15.3 Å². The highest BCUT2D eigenvalue weighted by molar-refractivity contribution is 6.32. The molecule has 0 aliphatic carbocycles. The number of aldehydes is 1. The van der Waals surface area contributed by atoms with Crippen molar-refractivity contribution >= 4 is 35.0 Å². The van der Waals surface area contributed by atoms with E-state index in [1.165, 1.54) is 0 Å². The Morgan fingerprint density at radius 3 is 2.52 bits per heavy atom. The zero-order chi connectivity index (χ0) is 16.2. The molecule has 116 valence electrons. The number of carbonyl (C=O) groups is 1. The van der Waals surface area contributed by atoms with Crippen LogP contribution in [0, 0.1) is 0 Å². The van der Waals surface area contributed by atoms with Crippen LogP contribution in [-0.4, -0.2) is 24.1 Å². The molecule has 0 spiro atoms. The number of halogens is 1. The summed E-state index contributed by atoms with van der Waals surface area (Å²) in [5.41, 5.74) is 2.16. The first-order valence-corrected chi connectivity index (χ1v) is 7.58. The van der Waals surface area contributed by atoms with E-state index in [0.717, 1.165) is 17.7 Å². The largest absolute Gasteiger partial charge is 0.301 e. The van der Waals surface area contributed by atoms with Crippen LogP contribution in [-0.2, 0) is 4.79 Å². The molecule has 2 aromatic carbocycles. The highest BCUT2D eigenvalue weighted by Gasteiger charge is 2.36. The normalized spacial score (nSPS) is 20.8. The van der Waals surface area contributed by atoms with Crippen LogP contribution in [0.15, 0.2) is 69.9 Å². The maximum Gasteiger partial charge on any atom is 0.147 e. The van der Waals surface area contributed by atoms with E-state index in [0.29, 0.717) is 10.7 Å². The molecule has 2 atom stereocenters. The highest BCUT2D eigenvalue weighted by Crippen LogP contribution is 2.28. The number of para-hydroxylation sites is 1. The van der Waals surface area contributed by atoms with Gasteiger partial charge in [-0.1, -0.05) is 41.9 Å². The number of benzene rings is 2. The molecule has 0 bridgehead atoms. The number of carbonyl (C=O) groups excluding carboxylic acids is 1. The summed E-state index contributed by atoms with van der Waals surface area (Å²) < 4.78 is 0. The van der Waals surface area contributed by atoms with Crippen LogP contribution >= 0.6 is 11.6 Å². The monoisotopic (exact) mass is 326 g/mol. The molecule has 0 saturated heterocycles. The molecule has 0 saturated carbocycles. The second-order valence-electron chi connectivity index (χ2n) is 5.16. The second kappa shape index (κ2) is 6.71. The molecule has 1 aliphatic heterocycles. The van der Waals surface area contributed by atoms with Crippen molar-refractivity contribution in [1.82, 2.24) is 0 Å². The van der Waals surface area contributed by atoms with Crippen molar-refractivity contribution in [3.05, 3.63) is 59.6 Å². The third kappa shape index (κ3) is 3.14. The van der Waals surface area contributed by atoms with Gasteiger partial charge in [0.05, 0.1) is 16.4 Å². The van der Waals surface area contributed by atoms with E-state index in [1.54, 1.807) is 17.1 Å². The van der Waals surface area contributed by atoms with Gasteiger partial charge in [0.25, 0.3) is 0 Å². The number of hydrogen-bond acceptors (Lipinski definition) is 5. The van der Waals surface area contributed by atoms with Gasteiger partial charge in [0.1, 0.15) is 24.1 Å². The average molecular weight is 327 g/mol. The Morgan fingerprint density at radius 1 is 1.13 bits per heavy atom. The van der Waals surface area contributed by atoms with E-state index in [4.69, 9.17) is 11.6 Å². The lowest BCUT2D eigenvalue weighted by atomic mass is 10.1. The highest BCUT2D eigenvalue weighted by atomic mass is 35.5. The van der Waals surface area contributed by atoms with Crippen molar-refractivity contribution in [2.45, 2.75) is 19.0 Å². The third-order valence-electron chi connectivity index (χ3n) is 3.60. The van der Waals surface area contributed by atoms with E-state index in [9.17, 15) is 4.79 Å². The van der Waals surface area contributed by atoms with Crippen LogP contribution < -0.4 is 5.01 Å². The molecule has 2 aromatic rings. The Labute approximate surface area is 139 Å². The Bertz CT molecular complexity index is 760. The molecule has 0 aromatic heterocycles. The minimum absolute atomic E-state index is 0.427. The average Bonchev–Trinajstić information content (AvgIpc) is 2.91. The fourth-order valence-electron chi connectivity index (χ4n) is 2.43. The maximum absolute atomic E-state index is 11.6. The SMILES string of the molecule is CC1=NN(c2ccccc2)C(C=O)C1N=Nc1ccccc1Cl. The van der Waals surface area contributed by atoms with Crippen molar-refractivity contribution in [3.63, 3.8) is 0 Å². The first-order chi connectivity index (χ1) is 11.2.